The Morgan fingerprint density at radius 1 is 1.29 bits per heavy atom. The van der Waals surface area contributed by atoms with E-state index in [1.165, 1.54) is 30.6 Å². The first-order valence-corrected chi connectivity index (χ1v) is 8.61. The van der Waals surface area contributed by atoms with Crippen molar-refractivity contribution in [2.24, 2.45) is 0 Å². The van der Waals surface area contributed by atoms with Gasteiger partial charge in [0, 0.05) is 11.4 Å². The highest BCUT2D eigenvalue weighted by Gasteiger charge is 2.15. The molecular formula is C14H16FNO3S2. The lowest BCUT2D eigenvalue weighted by Gasteiger charge is -2.07. The zero-order valence-electron chi connectivity index (χ0n) is 11.7. The van der Waals surface area contributed by atoms with E-state index in [1.54, 1.807) is 18.2 Å². The molecule has 0 radical (unpaired) electrons. The molecule has 2 rings (SSSR count). The molecule has 0 aliphatic rings. The van der Waals surface area contributed by atoms with Gasteiger partial charge in [0.15, 0.2) is 11.6 Å². The number of benzene rings is 1. The van der Waals surface area contributed by atoms with Crippen molar-refractivity contribution in [3.63, 3.8) is 0 Å². The topological polar surface area (TPSA) is 55.4 Å². The average molecular weight is 329 g/mol. The molecule has 0 atom stereocenters. The zero-order valence-corrected chi connectivity index (χ0v) is 13.4. The number of sulfonamides is 1. The molecule has 0 fully saturated rings. The highest BCUT2D eigenvalue weighted by Crippen LogP contribution is 2.20. The SMILES string of the molecule is COc1ccc(CCNS(=O)(=O)c2ccc(C)s2)cc1F. The number of hydrogen-bond donors (Lipinski definition) is 1. The highest BCUT2D eigenvalue weighted by atomic mass is 32.2. The molecule has 0 unspecified atom stereocenters. The van der Waals surface area contributed by atoms with Crippen LogP contribution in [0, 0.1) is 12.7 Å². The Bertz CT molecular complexity index is 726. The van der Waals surface area contributed by atoms with Gasteiger partial charge in [0.2, 0.25) is 10.0 Å². The summed E-state index contributed by atoms with van der Waals surface area (Å²) in [4.78, 5) is 0.938. The van der Waals surface area contributed by atoms with Crippen molar-refractivity contribution in [2.45, 2.75) is 17.6 Å². The fourth-order valence-electron chi connectivity index (χ4n) is 1.82. The maximum Gasteiger partial charge on any atom is 0.250 e. The van der Waals surface area contributed by atoms with E-state index in [0.29, 0.717) is 16.2 Å². The number of halogens is 1. The van der Waals surface area contributed by atoms with Crippen LogP contribution in [0.15, 0.2) is 34.5 Å². The zero-order chi connectivity index (χ0) is 15.5. The molecule has 0 bridgehead atoms. The van der Waals surface area contributed by atoms with Crippen LogP contribution in [0.25, 0.3) is 0 Å². The monoisotopic (exact) mass is 329 g/mol. The maximum absolute atomic E-state index is 13.5. The second-order valence-electron chi connectivity index (χ2n) is 4.48. The maximum atomic E-state index is 13.5. The van der Waals surface area contributed by atoms with Crippen molar-refractivity contribution in [1.82, 2.24) is 4.72 Å². The van der Waals surface area contributed by atoms with E-state index in [0.717, 1.165) is 4.88 Å². The van der Waals surface area contributed by atoms with Crippen molar-refractivity contribution in [1.29, 1.82) is 0 Å². The van der Waals surface area contributed by atoms with Gasteiger partial charge in [-0.05, 0) is 43.2 Å². The number of rotatable bonds is 6. The van der Waals surface area contributed by atoms with Gasteiger partial charge in [0.25, 0.3) is 0 Å². The van der Waals surface area contributed by atoms with E-state index in [9.17, 15) is 12.8 Å². The summed E-state index contributed by atoms with van der Waals surface area (Å²) in [6.45, 7) is 2.06. The number of hydrogen-bond acceptors (Lipinski definition) is 4. The molecule has 0 aliphatic heterocycles. The van der Waals surface area contributed by atoms with Crippen LogP contribution in [0.2, 0.25) is 0 Å². The second-order valence-corrected chi connectivity index (χ2v) is 7.76. The Kier molecular flexibility index (Phi) is 4.97. The van der Waals surface area contributed by atoms with Crippen LogP contribution in [0.3, 0.4) is 0 Å². The van der Waals surface area contributed by atoms with Gasteiger partial charge in [-0.25, -0.2) is 17.5 Å². The predicted molar refractivity (Wildman–Crippen MR) is 80.9 cm³/mol. The van der Waals surface area contributed by atoms with Gasteiger partial charge < -0.3 is 4.74 Å². The van der Waals surface area contributed by atoms with Gasteiger partial charge >= 0.3 is 0 Å². The van der Waals surface area contributed by atoms with Crippen molar-refractivity contribution in [3.8, 4) is 5.75 Å². The smallest absolute Gasteiger partial charge is 0.250 e. The number of nitrogens with one attached hydrogen (secondary N) is 1. The first-order chi connectivity index (χ1) is 9.92. The highest BCUT2D eigenvalue weighted by molar-refractivity contribution is 7.91. The lowest BCUT2D eigenvalue weighted by Crippen LogP contribution is -2.25. The van der Waals surface area contributed by atoms with Gasteiger partial charge in [0.05, 0.1) is 7.11 Å². The normalized spacial score (nSPS) is 11.6. The Labute approximate surface area is 127 Å². The van der Waals surface area contributed by atoms with E-state index >= 15 is 0 Å². The number of aryl methyl sites for hydroxylation is 1. The van der Waals surface area contributed by atoms with Crippen molar-refractivity contribution in [2.75, 3.05) is 13.7 Å². The summed E-state index contributed by atoms with van der Waals surface area (Å²) in [6, 6.07) is 7.93. The quantitative estimate of drug-likeness (QED) is 0.886. The summed E-state index contributed by atoms with van der Waals surface area (Å²) < 4.78 is 45.2. The average Bonchev–Trinajstić information content (AvgIpc) is 2.86. The van der Waals surface area contributed by atoms with Crippen LogP contribution < -0.4 is 9.46 Å². The molecule has 0 amide bonds. The number of methoxy groups -OCH3 is 1. The standard InChI is InChI=1S/C14H16FNO3S2/c1-10-3-6-14(20-10)21(17,18)16-8-7-11-4-5-13(19-2)12(15)9-11/h3-6,9,16H,7-8H2,1-2H3. The first kappa shape index (κ1) is 15.9. The van der Waals surface area contributed by atoms with Gasteiger partial charge in [-0.2, -0.15) is 0 Å². The van der Waals surface area contributed by atoms with Crippen molar-refractivity contribution < 1.29 is 17.5 Å². The van der Waals surface area contributed by atoms with Gasteiger partial charge in [-0.15, -0.1) is 11.3 Å². The molecule has 0 saturated heterocycles. The third-order valence-corrected chi connectivity index (χ3v) is 5.86. The van der Waals surface area contributed by atoms with Crippen LogP contribution in [0.1, 0.15) is 10.4 Å². The summed E-state index contributed by atoms with van der Waals surface area (Å²) in [5, 5.41) is 0. The van der Waals surface area contributed by atoms with E-state index in [2.05, 4.69) is 4.72 Å². The molecule has 0 aliphatic carbocycles. The molecule has 0 saturated carbocycles. The van der Waals surface area contributed by atoms with Crippen LogP contribution >= 0.6 is 11.3 Å². The Morgan fingerprint density at radius 2 is 2.05 bits per heavy atom. The van der Waals surface area contributed by atoms with Crippen molar-refractivity contribution in [3.05, 3.63) is 46.6 Å². The molecule has 1 heterocycles. The van der Waals surface area contributed by atoms with Crippen LogP contribution in [0.4, 0.5) is 4.39 Å². The Morgan fingerprint density at radius 3 is 2.62 bits per heavy atom. The van der Waals surface area contributed by atoms with E-state index in [-0.39, 0.29) is 12.3 Å². The van der Waals surface area contributed by atoms with Gasteiger partial charge in [-0.1, -0.05) is 6.07 Å². The molecule has 4 nitrogen and oxygen atoms in total. The third-order valence-electron chi connectivity index (χ3n) is 2.90. The summed E-state index contributed by atoms with van der Waals surface area (Å²) in [7, 11) is -2.08. The fraction of sp³-hybridized carbons (Fsp3) is 0.286. The predicted octanol–water partition coefficient (Wildman–Crippen LogP) is 2.73. The summed E-state index contributed by atoms with van der Waals surface area (Å²) >= 11 is 1.22. The molecule has 1 aromatic heterocycles. The number of thiophene rings is 1. The van der Waals surface area contributed by atoms with Crippen LogP contribution in [-0.4, -0.2) is 22.1 Å². The van der Waals surface area contributed by atoms with Crippen LogP contribution in [0.5, 0.6) is 5.75 Å². The van der Waals surface area contributed by atoms with Gasteiger partial charge in [0.1, 0.15) is 4.21 Å². The molecular weight excluding hydrogens is 313 g/mol. The molecule has 7 heteroatoms. The lowest BCUT2D eigenvalue weighted by molar-refractivity contribution is 0.386. The molecule has 1 aromatic carbocycles. The summed E-state index contributed by atoms with van der Waals surface area (Å²) in [6.07, 6.45) is 0.407. The summed E-state index contributed by atoms with van der Waals surface area (Å²) in [5.41, 5.74) is 0.707. The largest absolute Gasteiger partial charge is 0.494 e. The van der Waals surface area contributed by atoms with Crippen molar-refractivity contribution >= 4 is 21.4 Å². The molecule has 0 spiro atoms. The first-order valence-electron chi connectivity index (χ1n) is 6.31. The Balaban J connectivity index is 1.96. The van der Waals surface area contributed by atoms with Crippen LogP contribution in [-0.2, 0) is 16.4 Å². The fourth-order valence-corrected chi connectivity index (χ4v) is 4.18. The minimum Gasteiger partial charge on any atom is -0.494 e. The minimum absolute atomic E-state index is 0.174. The molecule has 21 heavy (non-hydrogen) atoms. The second kappa shape index (κ2) is 6.55. The lowest BCUT2D eigenvalue weighted by atomic mass is 10.1. The molecule has 1 N–H and O–H groups in total. The van der Waals surface area contributed by atoms with E-state index in [1.807, 2.05) is 6.92 Å². The summed E-state index contributed by atoms with van der Waals surface area (Å²) in [5.74, 6) is -0.278. The Hall–Kier alpha value is -1.44. The van der Waals surface area contributed by atoms with E-state index in [4.69, 9.17) is 4.74 Å². The molecule has 2 aromatic rings. The third kappa shape index (κ3) is 4.03. The molecule has 114 valence electrons. The number of ether oxygens (including phenoxy) is 1. The van der Waals surface area contributed by atoms with E-state index < -0.39 is 15.8 Å². The van der Waals surface area contributed by atoms with Gasteiger partial charge in [-0.3, -0.25) is 0 Å². The minimum atomic E-state index is -3.48.